The van der Waals surface area contributed by atoms with Gasteiger partial charge in [0.1, 0.15) is 18.1 Å². The third-order valence-corrected chi connectivity index (χ3v) is 5.92. The smallest absolute Gasteiger partial charge is 0.327 e. The van der Waals surface area contributed by atoms with Crippen molar-refractivity contribution in [3.8, 4) is 0 Å². The summed E-state index contributed by atoms with van der Waals surface area (Å²) >= 11 is 3.96. The second-order valence-electron chi connectivity index (χ2n) is 8.29. The zero-order valence-corrected chi connectivity index (χ0v) is 19.3. The van der Waals surface area contributed by atoms with E-state index in [1.165, 1.54) is 4.90 Å². The van der Waals surface area contributed by atoms with E-state index >= 15 is 0 Å². The number of benzene rings is 1. The van der Waals surface area contributed by atoms with Crippen molar-refractivity contribution in [2.45, 2.75) is 57.3 Å². The third-order valence-electron chi connectivity index (χ3n) is 5.55. The molecule has 10 heteroatoms. The number of carbonyl (C=O) groups is 4. The van der Waals surface area contributed by atoms with Gasteiger partial charge in [-0.3, -0.25) is 14.4 Å². The van der Waals surface area contributed by atoms with Crippen molar-refractivity contribution >= 4 is 36.3 Å². The van der Waals surface area contributed by atoms with Crippen LogP contribution < -0.4 is 16.4 Å². The van der Waals surface area contributed by atoms with Crippen molar-refractivity contribution in [3.05, 3.63) is 35.9 Å². The first-order chi connectivity index (χ1) is 15.1. The summed E-state index contributed by atoms with van der Waals surface area (Å²) in [5.41, 5.74) is 6.82. The lowest BCUT2D eigenvalue weighted by molar-refractivity contribution is -0.144. The lowest BCUT2D eigenvalue weighted by Gasteiger charge is -2.30. The van der Waals surface area contributed by atoms with Crippen LogP contribution in [0.2, 0.25) is 0 Å². The van der Waals surface area contributed by atoms with E-state index in [2.05, 4.69) is 23.3 Å². The summed E-state index contributed by atoms with van der Waals surface area (Å²) in [5.74, 6) is -2.74. The average molecular weight is 465 g/mol. The van der Waals surface area contributed by atoms with Gasteiger partial charge in [-0.1, -0.05) is 44.2 Å². The maximum atomic E-state index is 13.4. The molecule has 5 N–H and O–H groups in total. The molecule has 3 amide bonds. The minimum atomic E-state index is -1.19. The topological polar surface area (TPSA) is 142 Å². The van der Waals surface area contributed by atoms with Crippen LogP contribution in [0, 0.1) is 5.92 Å². The minimum Gasteiger partial charge on any atom is -0.480 e. The zero-order valence-electron chi connectivity index (χ0n) is 18.4. The number of carbonyl (C=O) groups excluding carboxylic acids is 3. The Bertz CT molecular complexity index is 820. The van der Waals surface area contributed by atoms with Gasteiger partial charge >= 0.3 is 5.97 Å². The van der Waals surface area contributed by atoms with Crippen molar-refractivity contribution in [1.82, 2.24) is 15.5 Å². The molecule has 1 aromatic carbocycles. The molecule has 32 heavy (non-hydrogen) atoms. The number of nitrogens with one attached hydrogen (secondary N) is 2. The maximum Gasteiger partial charge on any atom is 0.327 e. The second kappa shape index (κ2) is 11.9. The summed E-state index contributed by atoms with van der Waals surface area (Å²) in [5, 5.41) is 14.4. The molecule has 1 aliphatic rings. The van der Waals surface area contributed by atoms with Gasteiger partial charge in [0, 0.05) is 18.7 Å². The highest BCUT2D eigenvalue weighted by Crippen LogP contribution is 2.20. The van der Waals surface area contributed by atoms with Crippen LogP contribution in [0.25, 0.3) is 0 Å². The molecular formula is C22H32N4O5S. The molecular weight excluding hydrogens is 432 g/mol. The molecule has 2 rings (SSSR count). The van der Waals surface area contributed by atoms with Gasteiger partial charge in [-0.05, 0) is 24.3 Å². The summed E-state index contributed by atoms with van der Waals surface area (Å²) in [7, 11) is 0. The molecule has 176 valence electrons. The summed E-state index contributed by atoms with van der Waals surface area (Å²) in [6.45, 7) is 3.98. The Labute approximate surface area is 193 Å². The summed E-state index contributed by atoms with van der Waals surface area (Å²) in [6.07, 6.45) is 1.25. The molecule has 1 aromatic rings. The van der Waals surface area contributed by atoms with Gasteiger partial charge in [-0.25, -0.2) is 4.79 Å². The fourth-order valence-corrected chi connectivity index (χ4v) is 3.82. The number of nitrogens with two attached hydrogens (primary N) is 1. The van der Waals surface area contributed by atoms with E-state index in [1.54, 1.807) is 0 Å². The van der Waals surface area contributed by atoms with Crippen molar-refractivity contribution in [3.63, 3.8) is 0 Å². The normalized spacial score (nSPS) is 18.7. The van der Waals surface area contributed by atoms with Gasteiger partial charge in [0.05, 0.1) is 6.04 Å². The van der Waals surface area contributed by atoms with Crippen LogP contribution in [0.4, 0.5) is 0 Å². The van der Waals surface area contributed by atoms with E-state index in [1.807, 2.05) is 44.2 Å². The number of carboxylic acid groups (broad SMARTS) is 1. The Morgan fingerprint density at radius 3 is 2.38 bits per heavy atom. The van der Waals surface area contributed by atoms with Gasteiger partial charge in [0.15, 0.2) is 0 Å². The Hall–Kier alpha value is -2.59. The molecule has 4 unspecified atom stereocenters. The number of nitrogens with zero attached hydrogens (tertiary/aromatic N) is 1. The molecule has 1 fully saturated rings. The molecule has 1 heterocycles. The van der Waals surface area contributed by atoms with Gasteiger partial charge < -0.3 is 26.4 Å². The minimum absolute atomic E-state index is 0.0679. The van der Waals surface area contributed by atoms with Crippen LogP contribution in [-0.2, 0) is 25.6 Å². The fraction of sp³-hybridized carbons (Fsp3) is 0.545. The van der Waals surface area contributed by atoms with Crippen molar-refractivity contribution in [2.24, 2.45) is 11.7 Å². The number of carboxylic acids is 1. The van der Waals surface area contributed by atoms with Crippen molar-refractivity contribution < 1.29 is 24.3 Å². The summed E-state index contributed by atoms with van der Waals surface area (Å²) < 4.78 is 0. The molecule has 0 spiro atoms. The highest BCUT2D eigenvalue weighted by molar-refractivity contribution is 7.80. The first-order valence-corrected chi connectivity index (χ1v) is 11.3. The molecule has 0 aromatic heterocycles. The Kier molecular flexibility index (Phi) is 9.52. The van der Waals surface area contributed by atoms with Gasteiger partial charge in [0.25, 0.3) is 0 Å². The standard InChI is InChI=1S/C22H32N4O5S/c1-13(2)18(23)20(28)24-15(11-14-7-4-3-5-8-14)21(29)26-10-6-9-17(26)19(27)25-16(12-32)22(30)31/h3-5,7-8,13,15-18,32H,6,9-12,23H2,1-2H3,(H,24,28)(H,25,27)(H,30,31). The van der Waals surface area contributed by atoms with Crippen LogP contribution >= 0.6 is 12.6 Å². The SMILES string of the molecule is CC(C)C(N)C(=O)NC(Cc1ccccc1)C(=O)N1CCCC1C(=O)NC(CS)C(=O)O. The molecule has 1 saturated heterocycles. The van der Waals surface area contributed by atoms with Gasteiger partial charge in [0.2, 0.25) is 17.7 Å². The number of aliphatic carboxylic acids is 1. The van der Waals surface area contributed by atoms with Crippen molar-refractivity contribution in [2.75, 3.05) is 12.3 Å². The number of hydrogen-bond acceptors (Lipinski definition) is 6. The molecule has 0 aliphatic carbocycles. The number of hydrogen-bond donors (Lipinski definition) is 5. The quantitative estimate of drug-likeness (QED) is 0.313. The number of amides is 3. The predicted octanol–water partition coefficient (Wildman–Crippen LogP) is 0.187. The predicted molar refractivity (Wildman–Crippen MR) is 123 cm³/mol. The number of rotatable bonds is 10. The average Bonchev–Trinajstić information content (AvgIpc) is 3.26. The monoisotopic (exact) mass is 464 g/mol. The van der Waals surface area contributed by atoms with Crippen molar-refractivity contribution in [1.29, 1.82) is 0 Å². The lowest BCUT2D eigenvalue weighted by atomic mass is 10.0. The van der Waals surface area contributed by atoms with E-state index in [-0.39, 0.29) is 18.1 Å². The third kappa shape index (κ3) is 6.70. The molecule has 9 nitrogen and oxygen atoms in total. The highest BCUT2D eigenvalue weighted by Gasteiger charge is 2.39. The lowest BCUT2D eigenvalue weighted by Crippen LogP contribution is -2.58. The fourth-order valence-electron chi connectivity index (χ4n) is 3.58. The summed E-state index contributed by atoms with van der Waals surface area (Å²) in [4.78, 5) is 51.4. The van der Waals surface area contributed by atoms with Crippen LogP contribution in [-0.4, -0.2) is 70.2 Å². The largest absolute Gasteiger partial charge is 0.480 e. The zero-order chi connectivity index (χ0) is 23.8. The van der Waals surface area contributed by atoms with Crippen LogP contribution in [0.5, 0.6) is 0 Å². The highest BCUT2D eigenvalue weighted by atomic mass is 32.1. The number of thiol groups is 1. The first-order valence-electron chi connectivity index (χ1n) is 10.7. The van der Waals surface area contributed by atoms with Gasteiger partial charge in [-0.15, -0.1) is 0 Å². The molecule has 0 radical (unpaired) electrons. The Balaban J connectivity index is 2.21. The van der Waals surface area contributed by atoms with E-state index in [0.717, 1.165) is 5.56 Å². The van der Waals surface area contributed by atoms with E-state index in [9.17, 15) is 24.3 Å². The molecule has 4 atom stereocenters. The van der Waals surface area contributed by atoms with Gasteiger partial charge in [-0.2, -0.15) is 12.6 Å². The van der Waals surface area contributed by atoms with E-state index in [0.29, 0.717) is 19.4 Å². The number of likely N-dealkylation sites (tertiary alicyclic amines) is 1. The Morgan fingerprint density at radius 2 is 1.81 bits per heavy atom. The van der Waals surface area contributed by atoms with E-state index in [4.69, 9.17) is 5.73 Å². The van der Waals surface area contributed by atoms with Crippen LogP contribution in [0.15, 0.2) is 30.3 Å². The Morgan fingerprint density at radius 1 is 1.16 bits per heavy atom. The summed E-state index contributed by atoms with van der Waals surface area (Å²) in [6, 6.07) is 5.62. The van der Waals surface area contributed by atoms with Crippen LogP contribution in [0.3, 0.4) is 0 Å². The second-order valence-corrected chi connectivity index (χ2v) is 8.66. The molecule has 1 aliphatic heterocycles. The van der Waals surface area contributed by atoms with Crippen LogP contribution in [0.1, 0.15) is 32.3 Å². The van der Waals surface area contributed by atoms with E-state index < -0.39 is 47.9 Å². The molecule has 0 saturated carbocycles. The maximum absolute atomic E-state index is 13.4. The molecule has 0 bridgehead atoms. The first kappa shape index (κ1) is 25.7.